The summed E-state index contributed by atoms with van der Waals surface area (Å²) in [5, 5.41) is 2.73. The van der Waals surface area contributed by atoms with Gasteiger partial charge in [-0.3, -0.25) is 9.69 Å². The maximum atomic E-state index is 12.2. The summed E-state index contributed by atoms with van der Waals surface area (Å²) in [4.78, 5) is 25.6. The third-order valence-corrected chi connectivity index (χ3v) is 8.38. The average molecular weight is 316 g/mol. The first kappa shape index (κ1) is 16.6. The molecule has 2 aliphatic rings. The zero-order chi connectivity index (χ0) is 16.2. The Bertz CT molecular complexity index is 462. The maximum Gasteiger partial charge on any atom is 0.325 e. The Labute approximate surface area is 129 Å². The number of hydrogen-bond acceptors (Lipinski definition) is 3. The van der Waals surface area contributed by atoms with E-state index in [9.17, 15) is 9.59 Å². The number of nitrogens with one attached hydrogen (secondary N) is 1. The van der Waals surface area contributed by atoms with Crippen LogP contribution < -0.4 is 5.32 Å². The zero-order valence-corrected chi connectivity index (χ0v) is 15.0. The van der Waals surface area contributed by atoms with Crippen LogP contribution in [0.15, 0.2) is 0 Å². The quantitative estimate of drug-likeness (QED) is 0.814. The first-order valence-corrected chi connectivity index (χ1v) is 9.79. The zero-order valence-electron chi connectivity index (χ0n) is 14.1. The van der Waals surface area contributed by atoms with Gasteiger partial charge in [-0.15, -0.1) is 10.3 Å². The summed E-state index contributed by atoms with van der Waals surface area (Å²) >= 11 is 0. The molecule has 1 aliphatic carbocycles. The Kier molecular flexibility index (Phi) is 3.86. The monoisotopic (exact) mass is 316 g/mol. The van der Waals surface area contributed by atoms with Crippen LogP contribution in [0.5, 0.6) is 0 Å². The first-order valence-electron chi connectivity index (χ1n) is 7.42. The lowest BCUT2D eigenvalue weighted by molar-refractivity contribution is -0.134. The van der Waals surface area contributed by atoms with E-state index in [-0.39, 0.29) is 28.8 Å². The van der Waals surface area contributed by atoms with Crippen LogP contribution in [0, 0.1) is 0 Å². The predicted octanol–water partition coefficient (Wildman–Crippen LogP) is 2.64. The fourth-order valence-corrected chi connectivity index (χ4v) is 3.54. The van der Waals surface area contributed by atoms with E-state index in [1.54, 1.807) is 13.8 Å². The van der Waals surface area contributed by atoms with Crippen LogP contribution in [0.4, 0.5) is 4.79 Å². The third kappa shape index (κ3) is 2.93. The second-order valence-electron chi connectivity index (χ2n) is 7.92. The highest BCUT2D eigenvalue weighted by Crippen LogP contribution is 2.56. The highest BCUT2D eigenvalue weighted by Gasteiger charge is 2.51. The number of urea groups is 1. The number of carbonyl (C=O) groups is 2. The van der Waals surface area contributed by atoms with Gasteiger partial charge in [0.2, 0.25) is 0 Å². The van der Waals surface area contributed by atoms with Gasteiger partial charge in [0.1, 0.15) is 5.54 Å². The Morgan fingerprint density at radius 1 is 1.24 bits per heavy atom. The van der Waals surface area contributed by atoms with Crippen LogP contribution in [-0.2, 0) is 8.98 Å². The second kappa shape index (κ2) is 4.88. The molecule has 1 saturated heterocycles. The summed E-state index contributed by atoms with van der Waals surface area (Å²) < 4.78 is 6.39. The van der Waals surface area contributed by atoms with Crippen molar-refractivity contribution in [3.05, 3.63) is 0 Å². The summed E-state index contributed by atoms with van der Waals surface area (Å²) in [5.41, 5.74) is -0.779. The van der Waals surface area contributed by atoms with Crippen molar-refractivity contribution < 1.29 is 13.8 Å². The van der Waals surface area contributed by atoms with Gasteiger partial charge < -0.3 is 9.50 Å². The van der Waals surface area contributed by atoms with Crippen LogP contribution in [0.1, 0.15) is 47.5 Å². The molecule has 2 fully saturated rings. The van der Waals surface area contributed by atoms with Crippen molar-refractivity contribution in [2.75, 3.05) is 12.5 Å². The molecule has 0 radical (unpaired) electrons. The lowest BCUT2D eigenvalue weighted by Crippen LogP contribution is -2.52. The van der Waals surface area contributed by atoms with E-state index in [2.05, 4.69) is 38.6 Å². The summed E-state index contributed by atoms with van der Waals surface area (Å²) in [6.45, 7) is 10.1. The van der Waals surface area contributed by atoms with Crippen LogP contribution in [0.3, 0.4) is 0 Å². The maximum absolute atomic E-state index is 12.2. The van der Waals surface area contributed by atoms with Crippen molar-refractivity contribution in [3.63, 3.8) is 0 Å². The molecule has 0 aromatic heterocycles. The Morgan fingerprint density at radius 3 is 2.14 bits per heavy atom. The Hall–Kier alpha value is -0.750. The van der Waals surface area contributed by atoms with Crippen molar-refractivity contribution in [3.8, 4) is 0 Å². The molecule has 21 heavy (non-hydrogen) atoms. The van der Waals surface area contributed by atoms with E-state index in [0.717, 1.165) is 12.8 Å². The SMILES string of the molecule is CC1(C)NC(=O)N(C2CC(OS(C)(C)C(C)(C)C)C2)C1=O. The van der Waals surface area contributed by atoms with Crippen molar-refractivity contribution in [2.45, 2.75) is 69.9 Å². The number of hydrogen-bond donors (Lipinski definition) is 1. The number of amides is 3. The van der Waals surface area contributed by atoms with Crippen LogP contribution >= 0.6 is 10.3 Å². The number of rotatable bonds is 3. The van der Waals surface area contributed by atoms with E-state index in [1.807, 2.05) is 0 Å². The van der Waals surface area contributed by atoms with Crippen molar-refractivity contribution in [2.24, 2.45) is 0 Å². The van der Waals surface area contributed by atoms with Crippen molar-refractivity contribution in [1.82, 2.24) is 10.2 Å². The Balaban J connectivity index is 1.93. The third-order valence-electron chi connectivity index (χ3n) is 4.68. The second-order valence-corrected chi connectivity index (χ2v) is 11.8. The molecule has 5 nitrogen and oxygen atoms in total. The molecule has 1 heterocycles. The van der Waals surface area contributed by atoms with E-state index >= 15 is 0 Å². The molecular weight excluding hydrogens is 288 g/mol. The van der Waals surface area contributed by atoms with Crippen LogP contribution in [0.25, 0.3) is 0 Å². The van der Waals surface area contributed by atoms with Gasteiger partial charge in [-0.1, -0.05) is 20.8 Å². The van der Waals surface area contributed by atoms with E-state index in [4.69, 9.17) is 4.18 Å². The molecule has 122 valence electrons. The largest absolute Gasteiger partial charge is 0.333 e. The van der Waals surface area contributed by atoms with Gasteiger partial charge in [0, 0.05) is 10.8 Å². The molecule has 1 aliphatic heterocycles. The van der Waals surface area contributed by atoms with Gasteiger partial charge in [-0.25, -0.2) is 4.79 Å². The molecule has 0 aromatic rings. The van der Waals surface area contributed by atoms with E-state index < -0.39 is 15.8 Å². The van der Waals surface area contributed by atoms with Crippen LogP contribution in [-0.4, -0.2) is 51.8 Å². The fraction of sp³-hybridized carbons (Fsp3) is 0.867. The molecule has 0 unspecified atom stereocenters. The highest BCUT2D eigenvalue weighted by atomic mass is 32.3. The molecule has 1 N–H and O–H groups in total. The minimum Gasteiger partial charge on any atom is -0.333 e. The average Bonchev–Trinajstić information content (AvgIpc) is 2.41. The van der Waals surface area contributed by atoms with Crippen molar-refractivity contribution in [1.29, 1.82) is 0 Å². The van der Waals surface area contributed by atoms with Crippen LogP contribution in [0.2, 0.25) is 0 Å². The number of nitrogens with zero attached hydrogens (tertiary/aromatic N) is 1. The van der Waals surface area contributed by atoms with Gasteiger partial charge in [0.15, 0.2) is 0 Å². The van der Waals surface area contributed by atoms with E-state index in [0.29, 0.717) is 0 Å². The lowest BCUT2D eigenvalue weighted by atomic mass is 9.88. The van der Waals surface area contributed by atoms with Gasteiger partial charge >= 0.3 is 6.03 Å². The molecular formula is C15H28N2O3S. The normalized spacial score (nSPS) is 30.1. The first-order chi connectivity index (χ1) is 9.35. The molecule has 3 amide bonds. The molecule has 0 bridgehead atoms. The van der Waals surface area contributed by atoms with Gasteiger partial charge in [-0.2, -0.15) is 0 Å². The topological polar surface area (TPSA) is 58.6 Å². The highest BCUT2D eigenvalue weighted by molar-refractivity contribution is 8.29. The smallest absolute Gasteiger partial charge is 0.325 e. The predicted molar refractivity (Wildman–Crippen MR) is 86.5 cm³/mol. The number of imide groups is 1. The minimum absolute atomic E-state index is 0.0144. The molecule has 6 heteroatoms. The molecule has 0 atom stereocenters. The summed E-state index contributed by atoms with van der Waals surface area (Å²) in [6.07, 6.45) is 6.01. The summed E-state index contributed by atoms with van der Waals surface area (Å²) in [5.74, 6) is -0.127. The van der Waals surface area contributed by atoms with Gasteiger partial charge in [-0.05, 0) is 39.2 Å². The minimum atomic E-state index is -1.16. The lowest BCUT2D eigenvalue weighted by Gasteiger charge is -2.50. The molecule has 0 spiro atoms. The summed E-state index contributed by atoms with van der Waals surface area (Å²) in [7, 11) is -1.16. The number of carbonyl (C=O) groups excluding carboxylic acids is 2. The molecule has 1 saturated carbocycles. The van der Waals surface area contributed by atoms with E-state index in [1.165, 1.54) is 4.90 Å². The molecule has 2 rings (SSSR count). The van der Waals surface area contributed by atoms with Gasteiger partial charge in [0.25, 0.3) is 5.91 Å². The van der Waals surface area contributed by atoms with Gasteiger partial charge in [0.05, 0.1) is 6.10 Å². The fourth-order valence-electron chi connectivity index (χ4n) is 2.42. The summed E-state index contributed by atoms with van der Waals surface area (Å²) in [6, 6.07) is -0.282. The molecule has 0 aromatic carbocycles. The standard InChI is InChI=1S/C15H28N2O3S/c1-14(2,3)21(6,7)20-11-8-10(9-11)17-12(18)15(4,5)16-13(17)19/h10-11H,8-9H2,1-7H3,(H,16,19). The van der Waals surface area contributed by atoms with Crippen molar-refractivity contribution >= 4 is 22.2 Å². The Morgan fingerprint density at radius 2 is 1.76 bits per heavy atom.